The summed E-state index contributed by atoms with van der Waals surface area (Å²) in [7, 11) is 1.32. The first kappa shape index (κ1) is 20.2. The van der Waals surface area contributed by atoms with Gasteiger partial charge in [0.15, 0.2) is 17.7 Å². The highest BCUT2D eigenvalue weighted by Gasteiger charge is 2.30. The van der Waals surface area contributed by atoms with E-state index in [2.05, 4.69) is 20.6 Å². The molecule has 0 saturated heterocycles. The molecule has 2 N–H and O–H groups in total. The van der Waals surface area contributed by atoms with E-state index in [0.29, 0.717) is 33.6 Å². The van der Waals surface area contributed by atoms with Gasteiger partial charge in [-0.3, -0.25) is 0 Å². The largest absolute Gasteiger partial charge is 0.478 e. The zero-order valence-corrected chi connectivity index (χ0v) is 17.1. The molecular formula is C20H15Cl2FN4O3. The Bertz CT molecular complexity index is 1130. The van der Waals surface area contributed by atoms with Crippen molar-refractivity contribution in [2.75, 3.05) is 17.7 Å². The van der Waals surface area contributed by atoms with Gasteiger partial charge < -0.3 is 20.1 Å². The lowest BCUT2D eigenvalue weighted by Crippen LogP contribution is -2.26. The van der Waals surface area contributed by atoms with Crippen molar-refractivity contribution in [2.24, 2.45) is 0 Å². The lowest BCUT2D eigenvalue weighted by atomic mass is 10.1. The summed E-state index contributed by atoms with van der Waals surface area (Å²) in [6, 6.07) is 10.1. The van der Waals surface area contributed by atoms with E-state index < -0.39 is 17.9 Å². The molecular weight excluding hydrogens is 434 g/mol. The molecule has 0 saturated carbocycles. The Morgan fingerprint density at radius 1 is 1.17 bits per heavy atom. The molecule has 0 spiro atoms. The van der Waals surface area contributed by atoms with E-state index in [-0.39, 0.29) is 11.8 Å². The first-order chi connectivity index (χ1) is 14.4. The summed E-state index contributed by atoms with van der Waals surface area (Å²) in [5.41, 5.74) is 2.03. The van der Waals surface area contributed by atoms with Crippen LogP contribution in [0.5, 0.6) is 5.75 Å². The van der Waals surface area contributed by atoms with Gasteiger partial charge in [0.25, 0.3) is 0 Å². The number of nitrogens with zero attached hydrogens (tertiary/aromatic N) is 2. The van der Waals surface area contributed by atoms with Crippen LogP contribution in [0.3, 0.4) is 0 Å². The van der Waals surface area contributed by atoms with E-state index in [0.717, 1.165) is 11.8 Å². The van der Waals surface area contributed by atoms with Crippen molar-refractivity contribution in [3.05, 3.63) is 64.0 Å². The van der Waals surface area contributed by atoms with E-state index in [4.69, 9.17) is 32.7 Å². The number of fused-ring (bicyclic) bond motifs is 1. The molecule has 1 atom stereocenters. The first-order valence-corrected chi connectivity index (χ1v) is 9.57. The molecule has 0 radical (unpaired) electrons. The van der Waals surface area contributed by atoms with Crippen LogP contribution < -0.4 is 15.4 Å². The van der Waals surface area contributed by atoms with Crippen LogP contribution >= 0.6 is 23.2 Å². The van der Waals surface area contributed by atoms with Crippen molar-refractivity contribution in [1.82, 2.24) is 9.97 Å². The van der Waals surface area contributed by atoms with Gasteiger partial charge in [0.05, 0.1) is 23.4 Å². The minimum atomic E-state index is -0.663. The van der Waals surface area contributed by atoms with Crippen molar-refractivity contribution in [2.45, 2.75) is 12.5 Å². The predicted molar refractivity (Wildman–Crippen MR) is 112 cm³/mol. The van der Waals surface area contributed by atoms with E-state index >= 15 is 0 Å². The molecule has 154 valence electrons. The minimum Gasteiger partial charge on any atom is -0.478 e. The number of anilines is 4. The van der Waals surface area contributed by atoms with Crippen molar-refractivity contribution in [1.29, 1.82) is 0 Å². The number of halogens is 3. The van der Waals surface area contributed by atoms with Gasteiger partial charge in [-0.1, -0.05) is 23.2 Å². The number of hydrogen-bond acceptors (Lipinski definition) is 7. The Morgan fingerprint density at radius 3 is 2.70 bits per heavy atom. The number of carbonyl (C=O) groups is 1. The van der Waals surface area contributed by atoms with Gasteiger partial charge >= 0.3 is 5.97 Å². The molecule has 1 aliphatic heterocycles. The van der Waals surface area contributed by atoms with E-state index in [1.165, 1.54) is 7.11 Å². The van der Waals surface area contributed by atoms with Crippen LogP contribution in [0.15, 0.2) is 42.6 Å². The van der Waals surface area contributed by atoms with Gasteiger partial charge in [-0.15, -0.1) is 0 Å². The molecule has 0 aliphatic carbocycles. The fourth-order valence-electron chi connectivity index (χ4n) is 2.94. The highest BCUT2D eigenvalue weighted by Crippen LogP contribution is 2.32. The van der Waals surface area contributed by atoms with Crippen LogP contribution in [0.2, 0.25) is 10.0 Å². The third-order valence-corrected chi connectivity index (χ3v) is 5.12. The maximum Gasteiger partial charge on any atom is 0.347 e. The molecule has 0 bridgehead atoms. The number of aromatic nitrogens is 2. The Kier molecular flexibility index (Phi) is 5.61. The van der Waals surface area contributed by atoms with E-state index in [1.54, 1.807) is 30.3 Å². The average molecular weight is 449 g/mol. The first-order valence-electron chi connectivity index (χ1n) is 8.82. The number of rotatable bonds is 5. The number of ether oxygens (including phenoxy) is 2. The number of carbonyl (C=O) groups excluding carboxylic acids is 1. The normalized spacial score (nSPS) is 14.6. The number of esters is 1. The van der Waals surface area contributed by atoms with Crippen molar-refractivity contribution < 1.29 is 18.7 Å². The summed E-state index contributed by atoms with van der Waals surface area (Å²) in [6.07, 6.45) is 0.787. The van der Waals surface area contributed by atoms with Crippen LogP contribution in [0, 0.1) is 5.82 Å². The summed E-state index contributed by atoms with van der Waals surface area (Å²) < 4.78 is 24.5. The molecule has 3 aromatic rings. The van der Waals surface area contributed by atoms with Gasteiger partial charge in [-0.05, 0) is 36.4 Å². The third-order valence-electron chi connectivity index (χ3n) is 4.38. The maximum atomic E-state index is 14.2. The van der Waals surface area contributed by atoms with Gasteiger partial charge in [0, 0.05) is 23.4 Å². The highest BCUT2D eigenvalue weighted by molar-refractivity contribution is 6.42. The smallest absolute Gasteiger partial charge is 0.347 e. The monoisotopic (exact) mass is 448 g/mol. The van der Waals surface area contributed by atoms with Crippen molar-refractivity contribution in [3.8, 4) is 5.75 Å². The lowest BCUT2D eigenvalue weighted by molar-refractivity contribution is -0.147. The van der Waals surface area contributed by atoms with Crippen molar-refractivity contribution in [3.63, 3.8) is 0 Å². The second-order valence-corrected chi connectivity index (χ2v) is 7.24. The van der Waals surface area contributed by atoms with Crippen molar-refractivity contribution >= 4 is 52.3 Å². The summed E-state index contributed by atoms with van der Waals surface area (Å²) >= 11 is 11.9. The minimum absolute atomic E-state index is 0.0267. The Labute approximate surface area is 181 Å². The van der Waals surface area contributed by atoms with Gasteiger partial charge in [-0.25, -0.2) is 14.2 Å². The topological polar surface area (TPSA) is 85.4 Å². The number of nitrogens with one attached hydrogen (secondary N) is 2. The van der Waals surface area contributed by atoms with Gasteiger partial charge in [0.2, 0.25) is 5.95 Å². The summed E-state index contributed by atoms with van der Waals surface area (Å²) in [6.45, 7) is 0. The molecule has 10 heteroatoms. The van der Waals surface area contributed by atoms with Gasteiger partial charge in [0.1, 0.15) is 5.75 Å². The third kappa shape index (κ3) is 4.24. The number of benzene rings is 2. The number of hydrogen-bond donors (Lipinski definition) is 2. The molecule has 30 heavy (non-hydrogen) atoms. The zero-order chi connectivity index (χ0) is 21.3. The second-order valence-electron chi connectivity index (χ2n) is 6.43. The number of methoxy groups -OCH3 is 1. The fraction of sp³-hybridized carbons (Fsp3) is 0.150. The maximum absolute atomic E-state index is 14.2. The molecule has 7 nitrogen and oxygen atoms in total. The van der Waals surface area contributed by atoms with E-state index in [9.17, 15) is 9.18 Å². The Hall–Kier alpha value is -3.10. The molecule has 1 aromatic heterocycles. The Morgan fingerprint density at radius 2 is 1.93 bits per heavy atom. The fourth-order valence-corrected chi connectivity index (χ4v) is 3.24. The molecule has 2 aromatic carbocycles. The van der Waals surface area contributed by atoms with Crippen LogP contribution in [-0.4, -0.2) is 29.2 Å². The lowest BCUT2D eigenvalue weighted by Gasteiger charge is -2.10. The van der Waals surface area contributed by atoms with Crippen LogP contribution in [0.4, 0.5) is 27.5 Å². The molecule has 1 unspecified atom stereocenters. The van der Waals surface area contributed by atoms with E-state index in [1.807, 2.05) is 6.07 Å². The predicted octanol–water partition coefficient (Wildman–Crippen LogP) is 4.89. The van der Waals surface area contributed by atoms with Crippen LogP contribution in [-0.2, 0) is 16.0 Å². The molecule has 4 rings (SSSR count). The van der Waals surface area contributed by atoms with Gasteiger partial charge in [-0.2, -0.15) is 4.98 Å². The highest BCUT2D eigenvalue weighted by atomic mass is 35.5. The molecule has 2 heterocycles. The molecule has 0 amide bonds. The summed E-state index contributed by atoms with van der Waals surface area (Å²) in [4.78, 5) is 19.8. The SMILES string of the molecule is COC(=O)C1Cc2cc(Nc3ncc(F)c(Nc4ccc(Cl)c(Cl)c4)n3)ccc2O1. The molecule has 1 aliphatic rings. The average Bonchev–Trinajstić information content (AvgIpc) is 3.16. The standard InChI is InChI=1S/C20H15Cl2FN4O3/c1-29-19(28)17-7-10-6-11(3-5-16(10)30-17)26-20-24-9-15(23)18(27-20)25-12-2-4-13(21)14(22)8-12/h2-6,8-9,17H,7H2,1H3,(H2,24,25,26,27). The Balaban J connectivity index is 1.51. The van der Waals surface area contributed by atoms with Crippen LogP contribution in [0.1, 0.15) is 5.56 Å². The summed E-state index contributed by atoms with van der Waals surface area (Å²) in [5.74, 6) is -0.295. The zero-order valence-electron chi connectivity index (χ0n) is 15.6. The molecule has 0 fully saturated rings. The summed E-state index contributed by atoms with van der Waals surface area (Å²) in [5, 5.41) is 6.59. The second kappa shape index (κ2) is 8.33. The van der Waals surface area contributed by atoms with Crippen LogP contribution in [0.25, 0.3) is 0 Å². The quantitative estimate of drug-likeness (QED) is 0.537.